The van der Waals surface area contributed by atoms with Crippen molar-refractivity contribution in [1.29, 1.82) is 0 Å². The van der Waals surface area contributed by atoms with Crippen LogP contribution in [0.3, 0.4) is 0 Å². The quantitative estimate of drug-likeness (QED) is 0.748. The lowest BCUT2D eigenvalue weighted by Gasteiger charge is -2.22. The van der Waals surface area contributed by atoms with Gasteiger partial charge in [0.05, 0.1) is 6.61 Å². The van der Waals surface area contributed by atoms with Crippen LogP contribution in [0.5, 0.6) is 0 Å². The Morgan fingerprint density at radius 1 is 1.10 bits per heavy atom. The average Bonchev–Trinajstić information content (AvgIpc) is 2.68. The second-order valence-electron chi connectivity index (χ2n) is 5.04. The van der Waals surface area contributed by atoms with E-state index in [1.807, 2.05) is 0 Å². The molecule has 0 radical (unpaired) electrons. The summed E-state index contributed by atoms with van der Waals surface area (Å²) in [6.07, 6.45) is 0.898. The van der Waals surface area contributed by atoms with Gasteiger partial charge in [-0.2, -0.15) is 0 Å². The van der Waals surface area contributed by atoms with Gasteiger partial charge in [-0.25, -0.2) is 4.79 Å². The van der Waals surface area contributed by atoms with Crippen molar-refractivity contribution >= 4 is 11.9 Å². The van der Waals surface area contributed by atoms with Crippen LogP contribution in [0.25, 0.3) is 0 Å². The number of carboxylic acids is 1. The van der Waals surface area contributed by atoms with Crippen molar-refractivity contribution in [3.63, 3.8) is 0 Å². The van der Waals surface area contributed by atoms with Gasteiger partial charge in [0.15, 0.2) is 0 Å². The molecule has 0 spiro atoms. The maximum Gasteiger partial charge on any atom is 0.331 e. The van der Waals surface area contributed by atoms with Crippen LogP contribution in [0.2, 0.25) is 0 Å². The van der Waals surface area contributed by atoms with Crippen LogP contribution in [0.4, 0.5) is 0 Å². The van der Waals surface area contributed by atoms with Gasteiger partial charge in [0.25, 0.3) is 0 Å². The number of amides is 1. The third-order valence-corrected chi connectivity index (χ3v) is 3.69. The molecule has 0 bridgehead atoms. The molecular formula is C14H24N2O4. The number of hydrogen-bond donors (Lipinski definition) is 1. The van der Waals surface area contributed by atoms with Gasteiger partial charge in [0.1, 0.15) is 0 Å². The predicted molar refractivity (Wildman–Crippen MR) is 75.5 cm³/mol. The minimum absolute atomic E-state index is 0.121. The van der Waals surface area contributed by atoms with E-state index >= 15 is 0 Å². The Morgan fingerprint density at radius 3 is 2.40 bits per heavy atom. The van der Waals surface area contributed by atoms with Crippen LogP contribution in [0.1, 0.15) is 20.3 Å². The molecule has 0 unspecified atom stereocenters. The second kappa shape index (κ2) is 8.01. The van der Waals surface area contributed by atoms with Crippen molar-refractivity contribution in [3.05, 3.63) is 11.1 Å². The number of hydrogen-bond acceptors (Lipinski definition) is 4. The highest BCUT2D eigenvalue weighted by Crippen LogP contribution is 2.11. The molecule has 0 aliphatic carbocycles. The van der Waals surface area contributed by atoms with Crippen LogP contribution in [0.15, 0.2) is 11.1 Å². The van der Waals surface area contributed by atoms with Gasteiger partial charge in [0.2, 0.25) is 5.91 Å². The van der Waals surface area contributed by atoms with Crippen molar-refractivity contribution in [2.24, 2.45) is 0 Å². The molecule has 0 aromatic carbocycles. The first-order valence-corrected chi connectivity index (χ1v) is 6.88. The molecule has 1 saturated heterocycles. The normalized spacial score (nSPS) is 18.4. The number of ether oxygens (including phenoxy) is 1. The number of carboxylic acid groups (broad SMARTS) is 1. The topological polar surface area (TPSA) is 70.1 Å². The first kappa shape index (κ1) is 16.7. The number of carbonyl (C=O) groups is 2. The minimum atomic E-state index is -1.03. The van der Waals surface area contributed by atoms with Gasteiger partial charge in [-0.3, -0.25) is 9.69 Å². The lowest BCUT2D eigenvalue weighted by molar-refractivity contribution is -0.133. The van der Waals surface area contributed by atoms with E-state index in [0.717, 1.165) is 26.1 Å². The highest BCUT2D eigenvalue weighted by molar-refractivity contribution is 6.01. The smallest absolute Gasteiger partial charge is 0.331 e. The number of aliphatic carboxylic acids is 1. The fraction of sp³-hybridized carbons (Fsp3) is 0.714. The van der Waals surface area contributed by atoms with Crippen molar-refractivity contribution in [1.82, 2.24) is 9.80 Å². The van der Waals surface area contributed by atoms with Crippen molar-refractivity contribution < 1.29 is 19.4 Å². The highest BCUT2D eigenvalue weighted by Gasteiger charge is 2.22. The zero-order valence-electron chi connectivity index (χ0n) is 12.5. The molecule has 0 aromatic heterocycles. The van der Waals surface area contributed by atoms with Crippen molar-refractivity contribution in [2.45, 2.75) is 20.3 Å². The third kappa shape index (κ3) is 4.61. The molecule has 114 valence electrons. The van der Waals surface area contributed by atoms with Crippen LogP contribution in [0, 0.1) is 0 Å². The fourth-order valence-corrected chi connectivity index (χ4v) is 2.18. The Hall–Kier alpha value is -1.40. The molecule has 0 aromatic rings. The molecule has 0 atom stereocenters. The van der Waals surface area contributed by atoms with Crippen molar-refractivity contribution in [2.75, 3.05) is 46.4 Å². The SMILES string of the molecule is COCCN1CCCN(C(=O)C(C)=C(C)C(=O)O)CC1. The van der Waals surface area contributed by atoms with Gasteiger partial charge >= 0.3 is 5.97 Å². The Kier molecular flexibility index (Phi) is 6.67. The Bertz CT molecular complexity index is 393. The van der Waals surface area contributed by atoms with Gasteiger partial charge in [-0.1, -0.05) is 0 Å². The molecule has 1 fully saturated rings. The maximum absolute atomic E-state index is 12.3. The van der Waals surface area contributed by atoms with Crippen LogP contribution < -0.4 is 0 Å². The average molecular weight is 284 g/mol. The summed E-state index contributed by atoms with van der Waals surface area (Å²) in [4.78, 5) is 27.2. The molecule has 1 N–H and O–H groups in total. The summed E-state index contributed by atoms with van der Waals surface area (Å²) in [6, 6.07) is 0. The molecule has 1 heterocycles. The Balaban J connectivity index is 2.63. The van der Waals surface area contributed by atoms with E-state index in [9.17, 15) is 9.59 Å². The summed E-state index contributed by atoms with van der Waals surface area (Å²) in [5.41, 5.74) is 0.443. The van der Waals surface area contributed by atoms with Gasteiger partial charge < -0.3 is 14.7 Å². The molecule has 6 nitrogen and oxygen atoms in total. The highest BCUT2D eigenvalue weighted by atomic mass is 16.5. The summed E-state index contributed by atoms with van der Waals surface area (Å²) in [7, 11) is 1.68. The molecule has 1 amide bonds. The molecule has 1 aliphatic heterocycles. The van der Waals surface area contributed by atoms with E-state index < -0.39 is 5.97 Å². The van der Waals surface area contributed by atoms with Gasteiger partial charge in [-0.15, -0.1) is 0 Å². The summed E-state index contributed by atoms with van der Waals surface area (Å²) < 4.78 is 5.06. The Morgan fingerprint density at radius 2 is 1.80 bits per heavy atom. The molecular weight excluding hydrogens is 260 g/mol. The number of nitrogens with zero attached hydrogens (tertiary/aromatic N) is 2. The standard InChI is InChI=1S/C14H24N2O4/c1-11(12(2)14(18)19)13(17)16-6-4-5-15(7-8-16)9-10-20-3/h4-10H2,1-3H3,(H,18,19). The van der Waals surface area contributed by atoms with Crippen LogP contribution in [-0.4, -0.2) is 73.2 Å². The number of carbonyl (C=O) groups excluding carboxylic acids is 1. The van der Waals surface area contributed by atoms with Crippen molar-refractivity contribution in [3.8, 4) is 0 Å². The van der Waals surface area contributed by atoms with Crippen LogP contribution >= 0.6 is 0 Å². The summed E-state index contributed by atoms with van der Waals surface area (Å²) >= 11 is 0. The third-order valence-electron chi connectivity index (χ3n) is 3.69. The molecule has 6 heteroatoms. The first-order valence-electron chi connectivity index (χ1n) is 6.88. The largest absolute Gasteiger partial charge is 0.478 e. The lowest BCUT2D eigenvalue weighted by Crippen LogP contribution is -2.36. The summed E-state index contributed by atoms with van der Waals surface area (Å²) in [5.74, 6) is -1.20. The monoisotopic (exact) mass is 284 g/mol. The summed E-state index contributed by atoms with van der Waals surface area (Å²) in [6.45, 7) is 7.64. The van der Waals surface area contributed by atoms with E-state index in [1.54, 1.807) is 18.9 Å². The van der Waals surface area contributed by atoms with E-state index in [0.29, 0.717) is 25.3 Å². The van der Waals surface area contributed by atoms with Gasteiger partial charge in [0, 0.05) is 44.4 Å². The van der Waals surface area contributed by atoms with Crippen LogP contribution in [-0.2, 0) is 14.3 Å². The van der Waals surface area contributed by atoms with E-state index in [-0.39, 0.29) is 11.5 Å². The zero-order valence-corrected chi connectivity index (χ0v) is 12.5. The molecule has 1 aliphatic rings. The predicted octanol–water partition coefficient (Wildman–Crippen LogP) is 0.588. The first-order chi connectivity index (χ1) is 9.47. The molecule has 0 saturated carbocycles. The number of methoxy groups -OCH3 is 1. The second-order valence-corrected chi connectivity index (χ2v) is 5.04. The molecule has 20 heavy (non-hydrogen) atoms. The van der Waals surface area contributed by atoms with E-state index in [2.05, 4.69) is 4.90 Å². The maximum atomic E-state index is 12.3. The fourth-order valence-electron chi connectivity index (χ4n) is 2.18. The molecule has 1 rings (SSSR count). The number of rotatable bonds is 5. The minimum Gasteiger partial charge on any atom is -0.478 e. The van der Waals surface area contributed by atoms with Gasteiger partial charge in [-0.05, 0) is 26.8 Å². The zero-order chi connectivity index (χ0) is 15.1. The van der Waals surface area contributed by atoms with E-state index in [4.69, 9.17) is 9.84 Å². The van der Waals surface area contributed by atoms with E-state index in [1.165, 1.54) is 6.92 Å². The lowest BCUT2D eigenvalue weighted by atomic mass is 10.1. The summed E-state index contributed by atoms with van der Waals surface area (Å²) in [5, 5.41) is 8.94. The Labute approximate surface area is 120 Å².